The second-order valence-corrected chi connectivity index (χ2v) is 5.94. The van der Waals surface area contributed by atoms with Gasteiger partial charge in [-0.15, -0.1) is 0 Å². The van der Waals surface area contributed by atoms with Gasteiger partial charge in [0, 0.05) is 47.0 Å². The predicted molar refractivity (Wildman–Crippen MR) is 83.1 cm³/mol. The number of phenols is 1. The van der Waals surface area contributed by atoms with E-state index < -0.39 is 0 Å². The van der Waals surface area contributed by atoms with Crippen molar-refractivity contribution in [2.75, 3.05) is 0 Å². The van der Waals surface area contributed by atoms with E-state index in [1.807, 2.05) is 23.8 Å². The zero-order valence-electron chi connectivity index (χ0n) is 12.3. The van der Waals surface area contributed by atoms with Crippen LogP contribution in [-0.4, -0.2) is 25.4 Å². The van der Waals surface area contributed by atoms with E-state index in [1.54, 1.807) is 18.3 Å². The number of H-pyrrole nitrogens is 1. The summed E-state index contributed by atoms with van der Waals surface area (Å²) in [5.41, 5.74) is 2.65. The Labute approximate surface area is 127 Å². The van der Waals surface area contributed by atoms with Crippen LogP contribution < -0.4 is 0 Å². The fourth-order valence-electron chi connectivity index (χ4n) is 3.37. The van der Waals surface area contributed by atoms with E-state index in [9.17, 15) is 9.90 Å². The Kier molecular flexibility index (Phi) is 2.82. The number of carbonyl (C=O) groups is 1. The highest BCUT2D eigenvalue weighted by molar-refractivity contribution is 6.11. The summed E-state index contributed by atoms with van der Waals surface area (Å²) in [6.45, 7) is 2.61. The van der Waals surface area contributed by atoms with Gasteiger partial charge < -0.3 is 14.7 Å². The summed E-state index contributed by atoms with van der Waals surface area (Å²) >= 11 is 0. The average molecular weight is 295 g/mol. The van der Waals surface area contributed by atoms with E-state index in [1.165, 1.54) is 0 Å². The third kappa shape index (κ3) is 1.93. The second kappa shape index (κ2) is 4.73. The number of aromatic hydroxyl groups is 1. The first-order valence-corrected chi connectivity index (χ1v) is 7.49. The minimum atomic E-state index is -0.0400. The number of aryl methyl sites for hydroxylation is 2. The van der Waals surface area contributed by atoms with E-state index in [0.717, 1.165) is 40.8 Å². The number of Topliss-reactive ketones (excluding diaryl/α,β-unsaturated/α-hetero) is 1. The van der Waals surface area contributed by atoms with Crippen molar-refractivity contribution in [2.24, 2.45) is 5.92 Å². The van der Waals surface area contributed by atoms with Crippen LogP contribution in [0.5, 0.6) is 5.75 Å². The molecule has 22 heavy (non-hydrogen) atoms. The standard InChI is InChI=1S/C17H17N3O2/c1-10-18-6-7-20(10)9-11-2-4-15-16(17(11)22)13-8-12(21)3-5-14(13)19-15/h3,5-8,11,19,21H,2,4,9H2,1H3. The Morgan fingerprint density at radius 3 is 3.09 bits per heavy atom. The lowest BCUT2D eigenvalue weighted by Crippen LogP contribution is -2.26. The van der Waals surface area contributed by atoms with Crippen LogP contribution in [0.1, 0.15) is 28.3 Å². The number of hydrogen-bond acceptors (Lipinski definition) is 3. The molecule has 2 heterocycles. The molecule has 1 aliphatic carbocycles. The third-order valence-corrected chi connectivity index (χ3v) is 4.56. The van der Waals surface area contributed by atoms with Gasteiger partial charge in [0.1, 0.15) is 11.6 Å². The number of aromatic nitrogens is 3. The molecule has 0 saturated heterocycles. The number of rotatable bonds is 2. The highest BCUT2D eigenvalue weighted by Gasteiger charge is 2.31. The minimum absolute atomic E-state index is 0.0400. The molecule has 112 valence electrons. The molecule has 1 aromatic carbocycles. The highest BCUT2D eigenvalue weighted by Crippen LogP contribution is 2.34. The summed E-state index contributed by atoms with van der Waals surface area (Å²) in [6.07, 6.45) is 5.37. The van der Waals surface area contributed by atoms with Crippen LogP contribution in [0.25, 0.3) is 10.9 Å². The smallest absolute Gasteiger partial charge is 0.170 e. The fraction of sp³-hybridized carbons (Fsp3) is 0.294. The van der Waals surface area contributed by atoms with Crippen molar-refractivity contribution < 1.29 is 9.90 Å². The number of benzene rings is 1. The Hall–Kier alpha value is -2.56. The van der Waals surface area contributed by atoms with Gasteiger partial charge in [0.2, 0.25) is 0 Å². The number of carbonyl (C=O) groups excluding carboxylic acids is 1. The van der Waals surface area contributed by atoms with Gasteiger partial charge >= 0.3 is 0 Å². The van der Waals surface area contributed by atoms with Crippen molar-refractivity contribution in [3.05, 3.63) is 47.7 Å². The molecule has 0 bridgehead atoms. The fourth-order valence-corrected chi connectivity index (χ4v) is 3.37. The first-order valence-electron chi connectivity index (χ1n) is 7.49. The van der Waals surface area contributed by atoms with Crippen LogP contribution >= 0.6 is 0 Å². The van der Waals surface area contributed by atoms with Gasteiger partial charge in [0.25, 0.3) is 0 Å². The van der Waals surface area contributed by atoms with Gasteiger partial charge in [-0.3, -0.25) is 4.79 Å². The first-order chi connectivity index (χ1) is 10.6. The molecule has 3 aromatic rings. The van der Waals surface area contributed by atoms with E-state index in [0.29, 0.717) is 6.54 Å². The number of nitrogens with zero attached hydrogens (tertiary/aromatic N) is 2. The van der Waals surface area contributed by atoms with E-state index in [4.69, 9.17) is 0 Å². The van der Waals surface area contributed by atoms with Crippen molar-refractivity contribution in [1.82, 2.24) is 14.5 Å². The molecule has 0 spiro atoms. The van der Waals surface area contributed by atoms with Crippen LogP contribution in [0.15, 0.2) is 30.6 Å². The SMILES string of the molecule is Cc1nccn1CC1CCc2[nH]c3ccc(O)cc3c2C1=O. The van der Waals surface area contributed by atoms with Crippen LogP contribution in [0.4, 0.5) is 0 Å². The molecule has 0 saturated carbocycles. The van der Waals surface area contributed by atoms with E-state index in [-0.39, 0.29) is 17.5 Å². The van der Waals surface area contributed by atoms with Crippen molar-refractivity contribution >= 4 is 16.7 Å². The number of phenolic OH excluding ortho intramolecular Hbond substituents is 1. The number of fused-ring (bicyclic) bond motifs is 3. The van der Waals surface area contributed by atoms with Gasteiger partial charge in [-0.2, -0.15) is 0 Å². The van der Waals surface area contributed by atoms with Crippen LogP contribution in [0.3, 0.4) is 0 Å². The normalized spacial score (nSPS) is 17.9. The number of nitrogens with one attached hydrogen (secondary N) is 1. The number of imidazole rings is 1. The number of aromatic amines is 1. The molecule has 0 radical (unpaired) electrons. The van der Waals surface area contributed by atoms with E-state index in [2.05, 4.69) is 9.97 Å². The van der Waals surface area contributed by atoms with Gasteiger partial charge in [-0.1, -0.05) is 0 Å². The Morgan fingerprint density at radius 2 is 2.32 bits per heavy atom. The number of hydrogen-bond donors (Lipinski definition) is 2. The summed E-state index contributed by atoms with van der Waals surface area (Å²) in [7, 11) is 0. The molecule has 1 aliphatic rings. The molecule has 0 aliphatic heterocycles. The highest BCUT2D eigenvalue weighted by atomic mass is 16.3. The summed E-state index contributed by atoms with van der Waals surface area (Å²) in [5, 5.41) is 10.5. The van der Waals surface area contributed by atoms with Gasteiger partial charge in [0.15, 0.2) is 5.78 Å². The molecule has 4 rings (SSSR count). The summed E-state index contributed by atoms with van der Waals surface area (Å²) in [6, 6.07) is 5.14. The van der Waals surface area contributed by atoms with Crippen LogP contribution in [0.2, 0.25) is 0 Å². The monoisotopic (exact) mass is 295 g/mol. The van der Waals surface area contributed by atoms with E-state index >= 15 is 0 Å². The minimum Gasteiger partial charge on any atom is -0.508 e. The first kappa shape index (κ1) is 13.1. The number of ketones is 1. The average Bonchev–Trinajstić information content (AvgIpc) is 3.06. The molecule has 2 aromatic heterocycles. The van der Waals surface area contributed by atoms with Crippen molar-refractivity contribution in [3.63, 3.8) is 0 Å². The molecule has 1 unspecified atom stereocenters. The molecule has 5 nitrogen and oxygen atoms in total. The van der Waals surface area contributed by atoms with Gasteiger partial charge in [-0.25, -0.2) is 4.98 Å². The lowest BCUT2D eigenvalue weighted by molar-refractivity contribution is 0.0889. The topological polar surface area (TPSA) is 70.9 Å². The maximum atomic E-state index is 12.9. The third-order valence-electron chi connectivity index (χ3n) is 4.56. The van der Waals surface area contributed by atoms with Crippen molar-refractivity contribution in [1.29, 1.82) is 0 Å². The zero-order chi connectivity index (χ0) is 15.3. The summed E-state index contributed by atoms with van der Waals surface area (Å²) in [5.74, 6) is 1.23. The largest absolute Gasteiger partial charge is 0.508 e. The van der Waals surface area contributed by atoms with Crippen LogP contribution in [-0.2, 0) is 13.0 Å². The molecule has 0 fully saturated rings. The second-order valence-electron chi connectivity index (χ2n) is 5.94. The van der Waals surface area contributed by atoms with Crippen LogP contribution in [0, 0.1) is 12.8 Å². The summed E-state index contributed by atoms with van der Waals surface area (Å²) < 4.78 is 2.03. The van der Waals surface area contributed by atoms with Gasteiger partial charge in [-0.05, 0) is 38.0 Å². The quantitative estimate of drug-likeness (QED) is 0.763. The van der Waals surface area contributed by atoms with Crippen molar-refractivity contribution in [2.45, 2.75) is 26.3 Å². The summed E-state index contributed by atoms with van der Waals surface area (Å²) in [4.78, 5) is 20.4. The lowest BCUT2D eigenvalue weighted by Gasteiger charge is -2.22. The Morgan fingerprint density at radius 1 is 1.45 bits per heavy atom. The maximum absolute atomic E-state index is 12.9. The molecule has 2 N–H and O–H groups in total. The maximum Gasteiger partial charge on any atom is 0.170 e. The zero-order valence-corrected chi connectivity index (χ0v) is 12.3. The molecular formula is C17H17N3O2. The predicted octanol–water partition coefficient (Wildman–Crippen LogP) is 2.82. The molecule has 0 amide bonds. The molecule has 5 heteroatoms. The Balaban J connectivity index is 1.74. The Bertz CT molecular complexity index is 875. The molecular weight excluding hydrogens is 278 g/mol. The van der Waals surface area contributed by atoms with Crippen molar-refractivity contribution in [3.8, 4) is 5.75 Å². The lowest BCUT2D eigenvalue weighted by atomic mass is 9.85. The molecule has 1 atom stereocenters. The van der Waals surface area contributed by atoms with Gasteiger partial charge in [0.05, 0.1) is 0 Å².